The Labute approximate surface area is 164 Å². The minimum atomic E-state index is -0.609. The first-order valence-electron chi connectivity index (χ1n) is 9.43. The molecule has 4 rings (SSSR count). The molecule has 142 valence electrons. The van der Waals surface area contributed by atoms with Crippen molar-refractivity contribution in [1.82, 2.24) is 4.57 Å². The van der Waals surface area contributed by atoms with Gasteiger partial charge in [0.25, 0.3) is 0 Å². The predicted molar refractivity (Wildman–Crippen MR) is 111 cm³/mol. The number of ketones is 1. The lowest BCUT2D eigenvalue weighted by atomic mass is 10.00. The van der Waals surface area contributed by atoms with E-state index in [0.29, 0.717) is 6.42 Å². The van der Waals surface area contributed by atoms with Crippen LogP contribution >= 0.6 is 0 Å². The van der Waals surface area contributed by atoms with Crippen LogP contribution in [0.15, 0.2) is 54.1 Å². The van der Waals surface area contributed by atoms with Crippen LogP contribution in [-0.2, 0) is 16.0 Å². The van der Waals surface area contributed by atoms with Crippen molar-refractivity contribution in [3.8, 4) is 11.3 Å². The number of ether oxygens (including phenoxy) is 1. The van der Waals surface area contributed by atoms with Crippen molar-refractivity contribution in [1.29, 1.82) is 0 Å². The Morgan fingerprint density at radius 3 is 2.39 bits per heavy atom. The van der Waals surface area contributed by atoms with E-state index in [4.69, 9.17) is 4.74 Å². The molecule has 28 heavy (non-hydrogen) atoms. The van der Waals surface area contributed by atoms with Gasteiger partial charge in [0.15, 0.2) is 5.78 Å². The summed E-state index contributed by atoms with van der Waals surface area (Å²) >= 11 is 0. The molecule has 1 aliphatic carbocycles. The predicted octanol–water partition coefficient (Wildman–Crippen LogP) is 5.62. The van der Waals surface area contributed by atoms with Crippen molar-refractivity contribution in [2.24, 2.45) is 0 Å². The summed E-state index contributed by atoms with van der Waals surface area (Å²) in [6.45, 7) is 7.17. The lowest BCUT2D eigenvalue weighted by Crippen LogP contribution is -2.27. The molecule has 1 aliphatic rings. The van der Waals surface area contributed by atoms with Gasteiger partial charge in [-0.05, 0) is 56.5 Å². The van der Waals surface area contributed by atoms with Crippen LogP contribution in [0, 0.1) is 0 Å². The lowest BCUT2D eigenvalue weighted by molar-refractivity contribution is -0.113. The van der Waals surface area contributed by atoms with E-state index >= 15 is 0 Å². The maximum atomic E-state index is 13.2. The van der Waals surface area contributed by atoms with Crippen LogP contribution in [0.25, 0.3) is 28.2 Å². The molecule has 1 aromatic heterocycles. The monoisotopic (exact) mass is 373 g/mol. The van der Waals surface area contributed by atoms with E-state index < -0.39 is 11.7 Å². The third-order valence-corrected chi connectivity index (χ3v) is 4.92. The van der Waals surface area contributed by atoms with Crippen LogP contribution in [0.1, 0.15) is 38.8 Å². The Morgan fingerprint density at radius 2 is 1.68 bits per heavy atom. The summed E-state index contributed by atoms with van der Waals surface area (Å²) in [6.07, 6.45) is 2.01. The molecule has 3 aromatic rings. The largest absolute Gasteiger partial charge is 0.443 e. The van der Waals surface area contributed by atoms with Crippen molar-refractivity contribution < 1.29 is 14.3 Å². The van der Waals surface area contributed by atoms with E-state index in [-0.39, 0.29) is 5.78 Å². The summed E-state index contributed by atoms with van der Waals surface area (Å²) in [5.41, 5.74) is 4.56. The fourth-order valence-corrected chi connectivity index (χ4v) is 3.76. The number of carbonyl (C=O) groups excluding carboxylic acids is 2. The minimum Gasteiger partial charge on any atom is -0.443 e. The molecule has 0 saturated carbocycles. The molecule has 4 heteroatoms. The van der Waals surface area contributed by atoms with Gasteiger partial charge in [-0.25, -0.2) is 9.36 Å². The summed E-state index contributed by atoms with van der Waals surface area (Å²) in [5.74, 6) is 0.0387. The van der Waals surface area contributed by atoms with Gasteiger partial charge in [0.2, 0.25) is 0 Å². The van der Waals surface area contributed by atoms with Gasteiger partial charge < -0.3 is 4.74 Å². The second-order valence-electron chi connectivity index (χ2n) is 8.15. The molecule has 0 unspecified atom stereocenters. The van der Waals surface area contributed by atoms with E-state index in [1.807, 2.05) is 75.4 Å². The van der Waals surface area contributed by atoms with Crippen molar-refractivity contribution in [3.63, 3.8) is 0 Å². The Bertz CT molecular complexity index is 1140. The maximum absolute atomic E-state index is 13.2. The molecule has 0 radical (unpaired) electrons. The molecule has 4 nitrogen and oxygen atoms in total. The molecular formula is C24H23NO3. The van der Waals surface area contributed by atoms with E-state index in [2.05, 4.69) is 0 Å². The van der Waals surface area contributed by atoms with Gasteiger partial charge in [-0.3, -0.25) is 4.79 Å². The van der Waals surface area contributed by atoms with Crippen molar-refractivity contribution in [3.05, 3.63) is 65.2 Å². The van der Waals surface area contributed by atoms with E-state index in [1.54, 1.807) is 11.5 Å². The summed E-state index contributed by atoms with van der Waals surface area (Å²) in [7, 11) is 0. The van der Waals surface area contributed by atoms with Crippen molar-refractivity contribution >= 4 is 28.9 Å². The number of benzene rings is 2. The SMILES string of the molecule is CC(=O)C1=Cc2ccccc2-c2c(c3ccccc3n2C(=O)OC(C)(C)C)C1. The van der Waals surface area contributed by atoms with Gasteiger partial charge in [-0.15, -0.1) is 0 Å². The third-order valence-electron chi connectivity index (χ3n) is 4.92. The second-order valence-corrected chi connectivity index (χ2v) is 8.15. The Kier molecular flexibility index (Phi) is 4.22. The van der Waals surface area contributed by atoms with Crippen LogP contribution in [0.4, 0.5) is 4.79 Å². The van der Waals surface area contributed by atoms with Crippen LogP contribution in [0.5, 0.6) is 0 Å². The number of nitrogens with zero attached hydrogens (tertiary/aromatic N) is 1. The average Bonchev–Trinajstić information content (AvgIpc) is 2.84. The fourth-order valence-electron chi connectivity index (χ4n) is 3.76. The van der Waals surface area contributed by atoms with Crippen LogP contribution in [-0.4, -0.2) is 22.0 Å². The average molecular weight is 373 g/mol. The van der Waals surface area contributed by atoms with Gasteiger partial charge in [-0.2, -0.15) is 0 Å². The van der Waals surface area contributed by atoms with Crippen LogP contribution in [0.3, 0.4) is 0 Å². The highest BCUT2D eigenvalue weighted by molar-refractivity contribution is 6.06. The Balaban J connectivity index is 2.08. The second kappa shape index (κ2) is 6.48. The van der Waals surface area contributed by atoms with Gasteiger partial charge in [0, 0.05) is 17.4 Å². The van der Waals surface area contributed by atoms with Gasteiger partial charge >= 0.3 is 6.09 Å². The zero-order chi connectivity index (χ0) is 20.1. The first kappa shape index (κ1) is 18.2. The van der Waals surface area contributed by atoms with Crippen LogP contribution in [0.2, 0.25) is 0 Å². The fraction of sp³-hybridized carbons (Fsp3) is 0.250. The highest BCUT2D eigenvalue weighted by atomic mass is 16.6. The number of aromatic nitrogens is 1. The topological polar surface area (TPSA) is 48.3 Å². The molecule has 0 bridgehead atoms. The smallest absolute Gasteiger partial charge is 0.419 e. The lowest BCUT2D eigenvalue weighted by Gasteiger charge is -2.21. The zero-order valence-corrected chi connectivity index (χ0v) is 16.6. The van der Waals surface area contributed by atoms with E-state index in [1.165, 1.54) is 0 Å². The number of Topliss-reactive ketones (excluding diaryl/α,β-unsaturated/α-hetero) is 1. The first-order chi connectivity index (χ1) is 13.3. The number of hydrogen-bond donors (Lipinski definition) is 0. The molecule has 2 aromatic carbocycles. The zero-order valence-electron chi connectivity index (χ0n) is 16.6. The number of hydrogen-bond acceptors (Lipinski definition) is 3. The molecule has 0 fully saturated rings. The summed E-state index contributed by atoms with van der Waals surface area (Å²) in [5, 5.41) is 0.965. The molecule has 0 saturated heterocycles. The number of rotatable bonds is 1. The number of para-hydroxylation sites is 1. The third kappa shape index (κ3) is 3.05. The number of fused-ring (bicyclic) bond motifs is 5. The quantitative estimate of drug-likeness (QED) is 0.556. The molecule has 0 N–H and O–H groups in total. The molecule has 0 spiro atoms. The molecule has 0 amide bonds. The summed E-state index contributed by atoms with van der Waals surface area (Å²) in [4.78, 5) is 25.5. The minimum absolute atomic E-state index is 0.0387. The summed E-state index contributed by atoms with van der Waals surface area (Å²) in [6, 6.07) is 15.7. The first-order valence-corrected chi connectivity index (χ1v) is 9.43. The van der Waals surface area contributed by atoms with Crippen LogP contribution < -0.4 is 0 Å². The molecule has 1 heterocycles. The van der Waals surface area contributed by atoms with Crippen molar-refractivity contribution in [2.45, 2.75) is 39.7 Å². The van der Waals surface area contributed by atoms with Gasteiger partial charge in [0.05, 0.1) is 11.2 Å². The molecule has 0 atom stereocenters. The standard InChI is InChI=1S/C24H23NO3/c1-15(26)17-13-16-9-5-6-10-18(16)22-20(14-17)19-11-7-8-12-21(19)25(22)23(27)28-24(2,3)4/h5-13H,14H2,1-4H3. The maximum Gasteiger partial charge on any atom is 0.419 e. The highest BCUT2D eigenvalue weighted by Crippen LogP contribution is 2.40. The number of allylic oxidation sites excluding steroid dienone is 1. The molecular weight excluding hydrogens is 350 g/mol. The highest BCUT2D eigenvalue weighted by Gasteiger charge is 2.29. The van der Waals surface area contributed by atoms with E-state index in [0.717, 1.165) is 38.9 Å². The molecule has 0 aliphatic heterocycles. The number of carbonyl (C=O) groups is 2. The van der Waals surface area contributed by atoms with Gasteiger partial charge in [-0.1, -0.05) is 42.5 Å². The van der Waals surface area contributed by atoms with Gasteiger partial charge in [0.1, 0.15) is 5.60 Å². The van der Waals surface area contributed by atoms with E-state index in [9.17, 15) is 9.59 Å². The normalized spacial score (nSPS) is 13.4. The summed E-state index contributed by atoms with van der Waals surface area (Å²) < 4.78 is 7.38. The Hall–Kier alpha value is -3.14. The van der Waals surface area contributed by atoms with Crippen molar-refractivity contribution in [2.75, 3.05) is 0 Å². The Morgan fingerprint density at radius 1 is 1.00 bits per heavy atom.